The summed E-state index contributed by atoms with van der Waals surface area (Å²) in [5.41, 5.74) is 8.99. The van der Waals surface area contributed by atoms with E-state index in [0.29, 0.717) is 6.54 Å². The van der Waals surface area contributed by atoms with Gasteiger partial charge in [0.25, 0.3) is 5.91 Å². The number of rotatable bonds is 1. The van der Waals surface area contributed by atoms with Gasteiger partial charge in [0.1, 0.15) is 0 Å². The zero-order valence-electron chi connectivity index (χ0n) is 9.30. The molecule has 1 aliphatic heterocycles. The van der Waals surface area contributed by atoms with E-state index in [0.717, 1.165) is 22.3 Å². The summed E-state index contributed by atoms with van der Waals surface area (Å²) in [6, 6.07) is 5.71. The Kier molecular flexibility index (Phi) is 1.95. The predicted octanol–water partition coefficient (Wildman–Crippen LogP) is 1.51. The summed E-state index contributed by atoms with van der Waals surface area (Å²) in [5, 5.41) is 3.63. The summed E-state index contributed by atoms with van der Waals surface area (Å²) >= 11 is 0. The molecule has 2 aromatic rings. The van der Waals surface area contributed by atoms with Crippen molar-refractivity contribution in [1.29, 1.82) is 0 Å². The number of benzene rings is 1. The highest BCUT2D eigenvalue weighted by Gasteiger charge is 2.24. The lowest BCUT2D eigenvalue weighted by Crippen LogP contribution is -2.17. The number of anilines is 1. The van der Waals surface area contributed by atoms with Crippen molar-refractivity contribution in [2.24, 2.45) is 0 Å². The van der Waals surface area contributed by atoms with Gasteiger partial charge in [-0.3, -0.25) is 4.79 Å². The highest BCUT2D eigenvalue weighted by atomic mass is 16.5. The third kappa shape index (κ3) is 1.39. The number of aromatic nitrogens is 1. The lowest BCUT2D eigenvalue weighted by atomic mass is 10.0. The Morgan fingerprint density at radius 3 is 2.94 bits per heavy atom. The van der Waals surface area contributed by atoms with Crippen LogP contribution in [0.1, 0.15) is 15.9 Å². The predicted molar refractivity (Wildman–Crippen MR) is 62.1 cm³/mol. The number of hydrogen-bond donors (Lipinski definition) is 1. The lowest BCUT2D eigenvalue weighted by Gasteiger charge is -2.04. The van der Waals surface area contributed by atoms with E-state index < -0.39 is 0 Å². The number of carbonyl (C=O) groups is 1. The molecule has 86 valence electrons. The van der Waals surface area contributed by atoms with E-state index in [-0.39, 0.29) is 11.8 Å². The summed E-state index contributed by atoms with van der Waals surface area (Å²) in [7, 11) is 1.79. The Morgan fingerprint density at radius 1 is 1.41 bits per heavy atom. The van der Waals surface area contributed by atoms with Crippen LogP contribution in [0, 0.1) is 0 Å². The van der Waals surface area contributed by atoms with Crippen LogP contribution in [0.5, 0.6) is 0 Å². The van der Waals surface area contributed by atoms with Gasteiger partial charge in [-0.1, -0.05) is 17.3 Å². The van der Waals surface area contributed by atoms with Crippen LogP contribution in [-0.2, 0) is 6.54 Å². The number of nitrogens with zero attached hydrogens (tertiary/aromatic N) is 2. The molecular weight excluding hydrogens is 218 g/mol. The molecule has 5 heteroatoms. The van der Waals surface area contributed by atoms with Gasteiger partial charge in [-0.15, -0.1) is 0 Å². The second-order valence-corrected chi connectivity index (χ2v) is 4.14. The standard InChI is InChI=1S/C12H11N3O2/c1-15-6-8-3-2-7(4-9(8)12(15)16)10-5-14-17-11(10)13/h2-5H,6,13H2,1H3. The first-order chi connectivity index (χ1) is 8.16. The second kappa shape index (κ2) is 3.35. The minimum Gasteiger partial charge on any atom is -0.367 e. The molecule has 5 nitrogen and oxygen atoms in total. The molecule has 0 unspecified atom stereocenters. The highest BCUT2D eigenvalue weighted by molar-refractivity contribution is 5.99. The molecule has 0 aliphatic carbocycles. The molecule has 3 rings (SSSR count). The number of nitrogens with two attached hydrogens (primary N) is 1. The van der Waals surface area contributed by atoms with Crippen LogP contribution >= 0.6 is 0 Å². The van der Waals surface area contributed by atoms with Crippen LogP contribution < -0.4 is 5.73 Å². The van der Waals surface area contributed by atoms with Crippen molar-refractivity contribution in [1.82, 2.24) is 10.1 Å². The molecule has 0 spiro atoms. The van der Waals surface area contributed by atoms with Gasteiger partial charge in [0, 0.05) is 19.2 Å². The molecular formula is C12H11N3O2. The topological polar surface area (TPSA) is 72.4 Å². The summed E-state index contributed by atoms with van der Waals surface area (Å²) < 4.78 is 4.82. The van der Waals surface area contributed by atoms with Gasteiger partial charge < -0.3 is 15.2 Å². The number of amides is 1. The van der Waals surface area contributed by atoms with Crippen LogP contribution in [0.4, 0.5) is 5.88 Å². The molecule has 0 fully saturated rings. The molecule has 2 heterocycles. The monoisotopic (exact) mass is 229 g/mol. The van der Waals surface area contributed by atoms with Gasteiger partial charge in [0.05, 0.1) is 11.8 Å². The summed E-state index contributed by atoms with van der Waals surface area (Å²) in [4.78, 5) is 13.5. The fourth-order valence-electron chi connectivity index (χ4n) is 2.08. The minimum atomic E-state index is 0.0388. The molecule has 1 aliphatic rings. The lowest BCUT2D eigenvalue weighted by molar-refractivity contribution is 0.0816. The maximum Gasteiger partial charge on any atom is 0.254 e. The van der Waals surface area contributed by atoms with Gasteiger partial charge in [-0.2, -0.15) is 0 Å². The van der Waals surface area contributed by atoms with Crippen LogP contribution in [0.2, 0.25) is 0 Å². The third-order valence-electron chi connectivity index (χ3n) is 3.00. The number of fused-ring (bicyclic) bond motifs is 1. The molecule has 0 bridgehead atoms. The zero-order chi connectivity index (χ0) is 12.0. The second-order valence-electron chi connectivity index (χ2n) is 4.14. The Labute approximate surface area is 97.8 Å². The molecule has 0 atom stereocenters. The van der Waals surface area contributed by atoms with Gasteiger partial charge in [0.2, 0.25) is 5.88 Å². The normalized spacial score (nSPS) is 14.2. The van der Waals surface area contributed by atoms with Crippen LogP contribution in [0.15, 0.2) is 28.9 Å². The van der Waals surface area contributed by atoms with E-state index in [9.17, 15) is 4.79 Å². The van der Waals surface area contributed by atoms with Crippen molar-refractivity contribution in [3.8, 4) is 11.1 Å². The fraction of sp³-hybridized carbons (Fsp3) is 0.167. The van der Waals surface area contributed by atoms with E-state index in [2.05, 4.69) is 5.16 Å². The van der Waals surface area contributed by atoms with Crippen molar-refractivity contribution in [2.75, 3.05) is 12.8 Å². The van der Waals surface area contributed by atoms with E-state index >= 15 is 0 Å². The zero-order valence-corrected chi connectivity index (χ0v) is 9.30. The molecule has 1 aromatic heterocycles. The quantitative estimate of drug-likeness (QED) is 0.804. The maximum atomic E-state index is 11.9. The van der Waals surface area contributed by atoms with Gasteiger partial charge >= 0.3 is 0 Å². The van der Waals surface area contributed by atoms with Crippen LogP contribution in [0.3, 0.4) is 0 Å². The summed E-state index contributed by atoms with van der Waals surface area (Å²) in [6.45, 7) is 0.660. The van der Waals surface area contributed by atoms with E-state index in [1.165, 1.54) is 0 Å². The summed E-state index contributed by atoms with van der Waals surface area (Å²) in [5.74, 6) is 0.306. The molecule has 0 saturated heterocycles. The molecule has 0 saturated carbocycles. The van der Waals surface area contributed by atoms with E-state index in [1.54, 1.807) is 18.1 Å². The fourth-order valence-corrected chi connectivity index (χ4v) is 2.08. The Bertz CT molecular complexity index is 604. The van der Waals surface area contributed by atoms with Gasteiger partial charge in [-0.05, 0) is 17.2 Å². The van der Waals surface area contributed by atoms with E-state index in [4.69, 9.17) is 10.3 Å². The Balaban J connectivity index is 2.12. The van der Waals surface area contributed by atoms with Crippen molar-refractivity contribution >= 4 is 11.8 Å². The number of hydrogen-bond acceptors (Lipinski definition) is 4. The smallest absolute Gasteiger partial charge is 0.254 e. The average molecular weight is 229 g/mol. The van der Waals surface area contributed by atoms with E-state index in [1.807, 2.05) is 18.2 Å². The number of carbonyl (C=O) groups excluding carboxylic acids is 1. The average Bonchev–Trinajstić information content (AvgIpc) is 2.85. The molecule has 0 radical (unpaired) electrons. The first-order valence-corrected chi connectivity index (χ1v) is 5.26. The van der Waals surface area contributed by atoms with Gasteiger partial charge in [-0.25, -0.2) is 0 Å². The van der Waals surface area contributed by atoms with Crippen LogP contribution in [-0.4, -0.2) is 23.0 Å². The first kappa shape index (κ1) is 9.89. The molecule has 2 N–H and O–H groups in total. The molecule has 1 amide bonds. The van der Waals surface area contributed by atoms with Gasteiger partial charge in [0.15, 0.2) is 0 Å². The van der Waals surface area contributed by atoms with Crippen molar-refractivity contribution in [3.63, 3.8) is 0 Å². The van der Waals surface area contributed by atoms with Crippen LogP contribution in [0.25, 0.3) is 11.1 Å². The SMILES string of the molecule is CN1Cc2ccc(-c3cnoc3N)cc2C1=O. The Hall–Kier alpha value is -2.30. The maximum absolute atomic E-state index is 11.9. The highest BCUT2D eigenvalue weighted by Crippen LogP contribution is 2.30. The number of nitrogen functional groups attached to an aromatic ring is 1. The largest absolute Gasteiger partial charge is 0.367 e. The van der Waals surface area contributed by atoms with Crippen molar-refractivity contribution < 1.29 is 9.32 Å². The Morgan fingerprint density at radius 2 is 2.24 bits per heavy atom. The van der Waals surface area contributed by atoms with Crippen molar-refractivity contribution in [3.05, 3.63) is 35.5 Å². The minimum absolute atomic E-state index is 0.0388. The summed E-state index contributed by atoms with van der Waals surface area (Å²) in [6.07, 6.45) is 1.56. The third-order valence-corrected chi connectivity index (χ3v) is 3.00. The molecule has 17 heavy (non-hydrogen) atoms. The molecule has 1 aromatic carbocycles. The first-order valence-electron chi connectivity index (χ1n) is 5.26. The van der Waals surface area contributed by atoms with Crippen molar-refractivity contribution in [2.45, 2.75) is 6.54 Å².